The highest BCUT2D eigenvalue weighted by Gasteiger charge is 2.57. The number of anilines is 1. The van der Waals surface area contributed by atoms with Gasteiger partial charge in [0.05, 0.1) is 11.8 Å². The van der Waals surface area contributed by atoms with Crippen molar-refractivity contribution in [2.45, 2.75) is 24.5 Å². The van der Waals surface area contributed by atoms with Gasteiger partial charge in [0.1, 0.15) is 12.2 Å². The summed E-state index contributed by atoms with van der Waals surface area (Å²) >= 11 is 0. The van der Waals surface area contributed by atoms with Crippen LogP contribution in [0.4, 0.5) is 27.6 Å². The Hall–Kier alpha value is -5.01. The number of benzene rings is 3. The van der Waals surface area contributed by atoms with Gasteiger partial charge in [-0.05, 0) is 11.1 Å². The van der Waals surface area contributed by atoms with Crippen molar-refractivity contribution in [3.05, 3.63) is 101 Å². The molecule has 14 heteroatoms. The van der Waals surface area contributed by atoms with E-state index in [9.17, 15) is 36.3 Å². The van der Waals surface area contributed by atoms with Gasteiger partial charge in [-0.2, -0.15) is 10.2 Å². The van der Waals surface area contributed by atoms with Crippen LogP contribution in [-0.2, 0) is 14.4 Å². The van der Waals surface area contributed by atoms with Crippen LogP contribution in [0.1, 0.15) is 23.6 Å². The summed E-state index contributed by atoms with van der Waals surface area (Å²) in [7, 11) is 0. The summed E-state index contributed by atoms with van der Waals surface area (Å²) in [5.41, 5.74) is 0.479. The number of carbonyl (C=O) groups excluding carboxylic acids is 3. The zero-order valence-electron chi connectivity index (χ0n) is 20.7. The molecule has 0 unspecified atom stereocenters. The van der Waals surface area contributed by atoms with Gasteiger partial charge in [0, 0.05) is 6.42 Å². The number of fused-ring (bicyclic) bond motifs is 1. The van der Waals surface area contributed by atoms with E-state index in [1.807, 2.05) is 48.5 Å². The summed E-state index contributed by atoms with van der Waals surface area (Å²) in [4.78, 5) is 39.4. The van der Waals surface area contributed by atoms with Gasteiger partial charge in [-0.25, -0.2) is 31.9 Å². The van der Waals surface area contributed by atoms with Gasteiger partial charge >= 0.3 is 0 Å². The van der Waals surface area contributed by atoms with Crippen LogP contribution in [0.3, 0.4) is 0 Å². The number of rotatable bonds is 5. The van der Waals surface area contributed by atoms with Gasteiger partial charge in [0.25, 0.3) is 17.7 Å². The standard InChI is InChI=1S/C27H17F5N6O3/c28-18-19(29)21(31)24(22(32)20(18)30)37-26(40)23-25(27(37)41)36(35-33-23)12-17(39)38-16(14-9-5-2-6-10-14)11-15(34-38)13-7-3-1-4-8-13/h1-10,16,23,25H,11-12H2/t16-,23+,25-/m1/s1. The number of hydrogen-bond acceptors (Lipinski definition) is 7. The Morgan fingerprint density at radius 2 is 1.39 bits per heavy atom. The third kappa shape index (κ3) is 4.13. The Balaban J connectivity index is 1.29. The van der Waals surface area contributed by atoms with Crippen LogP contribution in [-0.4, -0.2) is 52.1 Å². The van der Waals surface area contributed by atoms with Crippen molar-refractivity contribution in [3.8, 4) is 0 Å². The van der Waals surface area contributed by atoms with Crippen molar-refractivity contribution < 1.29 is 36.3 Å². The number of carbonyl (C=O) groups is 3. The highest BCUT2D eigenvalue weighted by atomic mass is 19.2. The number of hydrazone groups is 1. The average Bonchev–Trinajstić information content (AvgIpc) is 3.68. The highest BCUT2D eigenvalue weighted by molar-refractivity contribution is 6.25. The minimum atomic E-state index is -2.44. The second-order valence-corrected chi connectivity index (χ2v) is 9.40. The molecule has 3 heterocycles. The lowest BCUT2D eigenvalue weighted by molar-refractivity contribution is -0.135. The molecule has 0 aliphatic carbocycles. The first-order valence-electron chi connectivity index (χ1n) is 12.3. The lowest BCUT2D eigenvalue weighted by Crippen LogP contribution is -2.45. The van der Waals surface area contributed by atoms with Crippen molar-refractivity contribution in [1.82, 2.24) is 10.0 Å². The number of imide groups is 1. The largest absolute Gasteiger partial charge is 0.271 e. The van der Waals surface area contributed by atoms with E-state index in [1.54, 1.807) is 12.1 Å². The third-order valence-corrected chi connectivity index (χ3v) is 7.02. The summed E-state index contributed by atoms with van der Waals surface area (Å²) in [6.45, 7) is -0.621. The van der Waals surface area contributed by atoms with E-state index in [1.165, 1.54) is 5.01 Å². The molecule has 0 saturated carbocycles. The fourth-order valence-electron chi connectivity index (χ4n) is 5.06. The van der Waals surface area contributed by atoms with Crippen molar-refractivity contribution >= 4 is 29.1 Å². The first kappa shape index (κ1) is 26.2. The number of halogens is 5. The predicted molar refractivity (Wildman–Crippen MR) is 131 cm³/mol. The SMILES string of the molecule is O=C1[C@H]2N=NN(CC(=O)N3N=C(c4ccccc4)C[C@@H]3c3ccccc3)[C@H]2C(=O)N1c1c(F)c(F)c(F)c(F)c1F. The Bertz CT molecular complexity index is 1620. The second kappa shape index (κ2) is 9.87. The summed E-state index contributed by atoms with van der Waals surface area (Å²) in [5.74, 6) is -15.1. The highest BCUT2D eigenvalue weighted by Crippen LogP contribution is 2.38. The molecule has 3 aromatic carbocycles. The number of hydrogen-bond donors (Lipinski definition) is 0. The summed E-state index contributed by atoms with van der Waals surface area (Å²) < 4.78 is 70.1. The van der Waals surface area contributed by atoms with E-state index in [0.717, 1.165) is 16.1 Å². The molecule has 3 aliphatic rings. The minimum Gasteiger partial charge on any atom is -0.271 e. The normalized spacial score (nSPS) is 21.6. The van der Waals surface area contributed by atoms with Crippen molar-refractivity contribution in [2.75, 3.05) is 11.4 Å². The maximum Gasteiger partial charge on any atom is 0.264 e. The van der Waals surface area contributed by atoms with Gasteiger partial charge in [-0.15, -0.1) is 0 Å². The monoisotopic (exact) mass is 568 g/mol. The van der Waals surface area contributed by atoms with E-state index >= 15 is 0 Å². The van der Waals surface area contributed by atoms with Crippen LogP contribution in [0.5, 0.6) is 0 Å². The van der Waals surface area contributed by atoms with E-state index in [2.05, 4.69) is 15.4 Å². The zero-order valence-corrected chi connectivity index (χ0v) is 20.7. The first-order valence-corrected chi connectivity index (χ1v) is 12.3. The molecule has 3 atom stereocenters. The van der Waals surface area contributed by atoms with Gasteiger partial charge in [-0.1, -0.05) is 65.9 Å². The molecule has 0 aromatic heterocycles. The second-order valence-electron chi connectivity index (χ2n) is 9.40. The molecule has 3 aromatic rings. The smallest absolute Gasteiger partial charge is 0.264 e. The van der Waals surface area contributed by atoms with Gasteiger partial charge in [-0.3, -0.25) is 19.4 Å². The van der Waals surface area contributed by atoms with Crippen molar-refractivity contribution in [1.29, 1.82) is 0 Å². The molecular formula is C27H17F5N6O3. The Kier molecular flexibility index (Phi) is 6.31. The fourth-order valence-corrected chi connectivity index (χ4v) is 5.06. The molecule has 41 heavy (non-hydrogen) atoms. The fraction of sp³-hybridized carbons (Fsp3) is 0.185. The lowest BCUT2D eigenvalue weighted by Gasteiger charge is -2.25. The molecule has 1 saturated heterocycles. The molecule has 0 N–H and O–H groups in total. The molecule has 6 rings (SSSR count). The predicted octanol–water partition coefficient (Wildman–Crippen LogP) is 4.05. The summed E-state index contributed by atoms with van der Waals surface area (Å²) in [6.07, 6.45) is 0.374. The molecule has 0 bridgehead atoms. The summed E-state index contributed by atoms with van der Waals surface area (Å²) in [5, 5.41) is 14.0. The topological polar surface area (TPSA) is 98.0 Å². The molecule has 0 spiro atoms. The van der Waals surface area contributed by atoms with Crippen LogP contribution < -0.4 is 4.90 Å². The van der Waals surface area contributed by atoms with Gasteiger partial charge < -0.3 is 0 Å². The van der Waals surface area contributed by atoms with Crippen molar-refractivity contribution in [2.24, 2.45) is 15.4 Å². The van der Waals surface area contributed by atoms with Gasteiger partial charge in [0.2, 0.25) is 5.82 Å². The Morgan fingerprint density at radius 3 is 2.02 bits per heavy atom. The molecule has 3 aliphatic heterocycles. The molecule has 9 nitrogen and oxygen atoms in total. The van der Waals surface area contributed by atoms with Crippen LogP contribution >= 0.6 is 0 Å². The van der Waals surface area contributed by atoms with Crippen LogP contribution in [0.15, 0.2) is 76.1 Å². The van der Waals surface area contributed by atoms with Crippen LogP contribution in [0, 0.1) is 29.1 Å². The quantitative estimate of drug-likeness (QED) is 0.201. The van der Waals surface area contributed by atoms with Crippen LogP contribution in [0.25, 0.3) is 0 Å². The zero-order chi connectivity index (χ0) is 29.0. The molecule has 208 valence electrons. The van der Waals surface area contributed by atoms with E-state index < -0.39 is 77.2 Å². The molecule has 1 fully saturated rings. The van der Waals surface area contributed by atoms with Crippen LogP contribution in [0.2, 0.25) is 0 Å². The summed E-state index contributed by atoms with van der Waals surface area (Å²) in [6, 6.07) is 14.4. The maximum atomic E-state index is 14.5. The van der Waals surface area contributed by atoms with E-state index in [-0.39, 0.29) is 4.90 Å². The minimum absolute atomic E-state index is 0.143. The first-order chi connectivity index (χ1) is 19.7. The lowest BCUT2D eigenvalue weighted by atomic mass is 9.98. The number of nitrogens with zero attached hydrogens (tertiary/aromatic N) is 6. The molecular weight excluding hydrogens is 551 g/mol. The molecule has 0 radical (unpaired) electrons. The molecule has 3 amide bonds. The Morgan fingerprint density at radius 1 is 0.805 bits per heavy atom. The maximum absolute atomic E-state index is 14.5. The van der Waals surface area contributed by atoms with Gasteiger partial charge in [0.15, 0.2) is 35.4 Å². The van der Waals surface area contributed by atoms with E-state index in [0.29, 0.717) is 12.1 Å². The number of amides is 3. The average molecular weight is 568 g/mol. The Labute approximate surface area is 228 Å². The van der Waals surface area contributed by atoms with E-state index in [4.69, 9.17) is 0 Å². The van der Waals surface area contributed by atoms with Crippen molar-refractivity contribution in [3.63, 3.8) is 0 Å². The third-order valence-electron chi connectivity index (χ3n) is 7.02.